The van der Waals surface area contributed by atoms with Crippen LogP contribution in [-0.2, 0) is 0 Å². The van der Waals surface area contributed by atoms with Gasteiger partial charge in [-0.3, -0.25) is 4.99 Å². The Bertz CT molecular complexity index is 784. The van der Waals surface area contributed by atoms with E-state index in [1.165, 1.54) is 6.07 Å². The molecule has 0 aliphatic carbocycles. The lowest BCUT2D eigenvalue weighted by molar-refractivity contribution is 0.589. The molecule has 1 saturated heterocycles. The van der Waals surface area contributed by atoms with E-state index in [1.807, 2.05) is 18.3 Å². The van der Waals surface area contributed by atoms with Gasteiger partial charge in [0.25, 0.3) is 0 Å². The fourth-order valence-corrected chi connectivity index (χ4v) is 3.16. The molecular weight excluding hydrogens is 315 g/mol. The van der Waals surface area contributed by atoms with Crippen molar-refractivity contribution >= 4 is 40.6 Å². The number of nitrogens with zero attached hydrogens (tertiary/aromatic N) is 2. The van der Waals surface area contributed by atoms with Gasteiger partial charge < -0.3 is 15.5 Å². The molecule has 0 bridgehead atoms. The van der Waals surface area contributed by atoms with Crippen LogP contribution >= 0.6 is 11.6 Å². The molecule has 2 heterocycles. The van der Waals surface area contributed by atoms with E-state index in [0.29, 0.717) is 11.4 Å². The average molecular weight is 331 g/mol. The Morgan fingerprint density at radius 3 is 2.78 bits per heavy atom. The molecule has 23 heavy (non-hydrogen) atoms. The fraction of sp³-hybridized carbons (Fsp3) is 0.235. The second kappa shape index (κ2) is 5.83. The lowest BCUT2D eigenvalue weighted by atomic mass is 10.1. The molecule has 118 valence electrons. The molecule has 0 spiro atoms. The summed E-state index contributed by atoms with van der Waals surface area (Å²) >= 11 is 5.87. The van der Waals surface area contributed by atoms with E-state index >= 15 is 0 Å². The highest BCUT2D eigenvalue weighted by Gasteiger charge is 2.19. The normalized spacial score (nSPS) is 16.3. The number of rotatable bonds is 1. The van der Waals surface area contributed by atoms with Crippen LogP contribution in [0.2, 0.25) is 5.02 Å². The van der Waals surface area contributed by atoms with Crippen molar-refractivity contribution in [3.8, 4) is 0 Å². The molecule has 0 atom stereocenters. The van der Waals surface area contributed by atoms with Crippen LogP contribution in [-0.4, -0.2) is 32.4 Å². The molecule has 0 radical (unpaired) electrons. The van der Waals surface area contributed by atoms with Gasteiger partial charge in [-0.05, 0) is 18.2 Å². The minimum atomic E-state index is -0.449. The molecule has 0 saturated carbocycles. The molecule has 2 aromatic rings. The maximum absolute atomic E-state index is 13.7. The third kappa shape index (κ3) is 2.66. The first-order chi connectivity index (χ1) is 11.2. The Hall–Kier alpha value is -2.11. The van der Waals surface area contributed by atoms with Gasteiger partial charge in [0.15, 0.2) is 0 Å². The second-order valence-corrected chi connectivity index (χ2v) is 6.05. The summed E-state index contributed by atoms with van der Waals surface area (Å²) in [5, 5.41) is 6.72. The topological polar surface area (TPSA) is 39.7 Å². The van der Waals surface area contributed by atoms with Crippen molar-refractivity contribution in [2.24, 2.45) is 4.99 Å². The largest absolute Gasteiger partial charge is 0.368 e. The summed E-state index contributed by atoms with van der Waals surface area (Å²) in [7, 11) is 0. The number of hydrogen-bond donors (Lipinski definition) is 2. The van der Waals surface area contributed by atoms with Crippen molar-refractivity contribution in [3.63, 3.8) is 0 Å². The van der Waals surface area contributed by atoms with E-state index in [2.05, 4.69) is 26.6 Å². The van der Waals surface area contributed by atoms with Crippen LogP contribution in [0.15, 0.2) is 35.3 Å². The monoisotopic (exact) mass is 330 g/mol. The third-order valence-corrected chi connectivity index (χ3v) is 4.47. The zero-order valence-corrected chi connectivity index (χ0v) is 13.2. The van der Waals surface area contributed by atoms with Crippen molar-refractivity contribution in [2.75, 3.05) is 36.4 Å². The smallest absolute Gasteiger partial charge is 0.144 e. The fourth-order valence-electron chi connectivity index (χ4n) is 3.00. The first kappa shape index (κ1) is 14.5. The first-order valence-electron chi connectivity index (χ1n) is 7.61. The van der Waals surface area contributed by atoms with Gasteiger partial charge in [-0.25, -0.2) is 4.39 Å². The lowest BCUT2D eigenvalue weighted by Gasteiger charge is -2.31. The average Bonchev–Trinajstić information content (AvgIpc) is 2.75. The summed E-state index contributed by atoms with van der Waals surface area (Å²) < 4.78 is 13.7. The maximum atomic E-state index is 13.7. The van der Waals surface area contributed by atoms with Crippen LogP contribution in [0.1, 0.15) is 5.56 Å². The highest BCUT2D eigenvalue weighted by Crippen LogP contribution is 2.38. The van der Waals surface area contributed by atoms with Gasteiger partial charge >= 0.3 is 0 Å². The predicted molar refractivity (Wildman–Crippen MR) is 93.5 cm³/mol. The van der Waals surface area contributed by atoms with Crippen LogP contribution in [0, 0.1) is 5.82 Å². The van der Waals surface area contributed by atoms with Crippen LogP contribution < -0.4 is 15.5 Å². The van der Waals surface area contributed by atoms with E-state index in [-0.39, 0.29) is 5.02 Å². The van der Waals surface area contributed by atoms with Gasteiger partial charge in [0.05, 0.1) is 16.4 Å². The maximum Gasteiger partial charge on any atom is 0.144 e. The predicted octanol–water partition coefficient (Wildman–Crippen LogP) is 3.70. The summed E-state index contributed by atoms with van der Waals surface area (Å²) in [6.07, 6.45) is 1.83. The van der Waals surface area contributed by atoms with Crippen LogP contribution in [0.4, 0.5) is 27.1 Å². The van der Waals surface area contributed by atoms with Crippen molar-refractivity contribution in [3.05, 3.63) is 46.7 Å². The zero-order chi connectivity index (χ0) is 15.8. The van der Waals surface area contributed by atoms with Gasteiger partial charge in [0.1, 0.15) is 5.82 Å². The zero-order valence-electron chi connectivity index (χ0n) is 12.4. The van der Waals surface area contributed by atoms with Crippen LogP contribution in [0.3, 0.4) is 0 Å². The summed E-state index contributed by atoms with van der Waals surface area (Å²) in [5.41, 5.74) is 4.34. The van der Waals surface area contributed by atoms with E-state index < -0.39 is 5.82 Å². The molecule has 4 nitrogen and oxygen atoms in total. The summed E-state index contributed by atoms with van der Waals surface area (Å²) in [5.74, 6) is -0.449. The van der Waals surface area contributed by atoms with Gasteiger partial charge in [0.2, 0.25) is 0 Å². The molecule has 0 amide bonds. The number of halogens is 2. The van der Waals surface area contributed by atoms with E-state index in [9.17, 15) is 4.39 Å². The van der Waals surface area contributed by atoms with E-state index in [4.69, 9.17) is 11.6 Å². The number of piperazine rings is 1. The quantitative estimate of drug-likeness (QED) is 0.714. The minimum Gasteiger partial charge on any atom is -0.368 e. The van der Waals surface area contributed by atoms with Crippen LogP contribution in [0.5, 0.6) is 0 Å². The molecule has 0 unspecified atom stereocenters. The molecular formula is C17H16ClFN4. The summed E-state index contributed by atoms with van der Waals surface area (Å²) in [4.78, 5) is 6.84. The Balaban J connectivity index is 1.79. The Labute approximate surface area is 139 Å². The minimum absolute atomic E-state index is 0.0796. The molecule has 2 aromatic carbocycles. The van der Waals surface area contributed by atoms with Crippen molar-refractivity contribution < 1.29 is 4.39 Å². The number of aliphatic imine (C=N–C) groups is 1. The lowest BCUT2D eigenvalue weighted by Crippen LogP contribution is -2.43. The van der Waals surface area contributed by atoms with Gasteiger partial charge in [0, 0.05) is 55.4 Å². The van der Waals surface area contributed by atoms with Gasteiger partial charge in [-0.15, -0.1) is 0 Å². The SMILES string of the molecule is Fc1cc2c(cc1Cl)N=Cc1c(cccc1N1CCNCC1)N2. The number of anilines is 3. The standard InChI is InChI=1S/C17H16ClFN4/c18-12-8-15-16(9-13(12)19)22-14-2-1-3-17(11(14)10-21-15)23-6-4-20-5-7-23/h1-3,8-10,20,22H,4-7H2. The van der Waals surface area contributed by atoms with Crippen molar-refractivity contribution in [2.45, 2.75) is 0 Å². The Morgan fingerprint density at radius 1 is 1.13 bits per heavy atom. The summed E-state index contributed by atoms with van der Waals surface area (Å²) in [6, 6.07) is 9.03. The Kier molecular flexibility index (Phi) is 3.67. The molecule has 4 rings (SSSR count). The van der Waals surface area contributed by atoms with E-state index in [0.717, 1.165) is 43.1 Å². The van der Waals surface area contributed by atoms with Gasteiger partial charge in [-0.2, -0.15) is 0 Å². The first-order valence-corrected chi connectivity index (χ1v) is 7.99. The molecule has 0 aromatic heterocycles. The third-order valence-electron chi connectivity index (χ3n) is 4.18. The molecule has 2 N–H and O–H groups in total. The number of benzene rings is 2. The Morgan fingerprint density at radius 2 is 1.96 bits per heavy atom. The molecule has 1 fully saturated rings. The van der Waals surface area contributed by atoms with Crippen LogP contribution in [0.25, 0.3) is 0 Å². The van der Waals surface area contributed by atoms with E-state index in [1.54, 1.807) is 6.07 Å². The number of fused-ring (bicyclic) bond motifs is 2. The van der Waals surface area contributed by atoms with Gasteiger partial charge in [-0.1, -0.05) is 17.7 Å². The number of hydrogen-bond acceptors (Lipinski definition) is 4. The van der Waals surface area contributed by atoms with Crippen molar-refractivity contribution in [1.82, 2.24) is 5.32 Å². The number of nitrogens with one attached hydrogen (secondary N) is 2. The highest BCUT2D eigenvalue weighted by molar-refractivity contribution is 6.31. The molecule has 2 aliphatic heterocycles. The highest BCUT2D eigenvalue weighted by atomic mass is 35.5. The molecule has 2 aliphatic rings. The molecule has 6 heteroatoms. The second-order valence-electron chi connectivity index (χ2n) is 5.64. The summed E-state index contributed by atoms with van der Waals surface area (Å²) in [6.45, 7) is 3.85. The van der Waals surface area contributed by atoms with Crippen molar-refractivity contribution in [1.29, 1.82) is 0 Å².